The molecule has 0 spiro atoms. The molecule has 2 atom stereocenters. The molecule has 1 fully saturated rings. The smallest absolute Gasteiger partial charge is 0.254 e. The maximum atomic E-state index is 13.1. The first-order chi connectivity index (χ1) is 13.5. The molecule has 1 aromatic heterocycles. The summed E-state index contributed by atoms with van der Waals surface area (Å²) in [7, 11) is 0. The molecular formula is C21H19F2N3O2. The summed E-state index contributed by atoms with van der Waals surface area (Å²) < 4.78 is 31.7. The molecule has 7 heteroatoms. The van der Waals surface area contributed by atoms with Gasteiger partial charge in [0.15, 0.2) is 0 Å². The van der Waals surface area contributed by atoms with E-state index in [4.69, 9.17) is 4.52 Å². The van der Waals surface area contributed by atoms with E-state index in [0.29, 0.717) is 29.4 Å². The van der Waals surface area contributed by atoms with Gasteiger partial charge in [-0.05, 0) is 68.3 Å². The van der Waals surface area contributed by atoms with Crippen molar-refractivity contribution in [2.75, 3.05) is 6.54 Å². The number of carbonyl (C=O) groups is 1. The van der Waals surface area contributed by atoms with Gasteiger partial charge in [0.1, 0.15) is 11.6 Å². The molecule has 0 N–H and O–H groups in total. The van der Waals surface area contributed by atoms with Crippen molar-refractivity contribution in [3.05, 3.63) is 71.6 Å². The summed E-state index contributed by atoms with van der Waals surface area (Å²) in [5.41, 5.74) is 1.12. The fourth-order valence-corrected chi connectivity index (χ4v) is 3.47. The van der Waals surface area contributed by atoms with Gasteiger partial charge in [-0.15, -0.1) is 0 Å². The van der Waals surface area contributed by atoms with Crippen molar-refractivity contribution in [3.8, 4) is 11.4 Å². The second kappa shape index (κ2) is 7.50. The molecule has 0 radical (unpaired) electrons. The SMILES string of the molecule is C[C@@H]1CC[C@H](c2nc(-c3ccc(F)cc3)no2)CN1C(=O)c1ccc(F)cc1. The third-order valence-electron chi connectivity index (χ3n) is 5.13. The number of nitrogens with zero attached hydrogens (tertiary/aromatic N) is 3. The molecule has 2 heterocycles. The Labute approximate surface area is 161 Å². The van der Waals surface area contributed by atoms with E-state index in [-0.39, 0.29) is 29.5 Å². The Morgan fingerprint density at radius 2 is 1.68 bits per heavy atom. The van der Waals surface area contributed by atoms with Crippen molar-refractivity contribution < 1.29 is 18.1 Å². The largest absolute Gasteiger partial charge is 0.339 e. The minimum Gasteiger partial charge on any atom is -0.339 e. The number of piperidine rings is 1. The van der Waals surface area contributed by atoms with Crippen LogP contribution in [0, 0.1) is 11.6 Å². The van der Waals surface area contributed by atoms with Crippen molar-refractivity contribution in [3.63, 3.8) is 0 Å². The zero-order valence-corrected chi connectivity index (χ0v) is 15.3. The van der Waals surface area contributed by atoms with E-state index in [1.807, 2.05) is 6.92 Å². The summed E-state index contributed by atoms with van der Waals surface area (Å²) in [6.45, 7) is 2.44. The maximum absolute atomic E-state index is 13.1. The molecule has 0 unspecified atom stereocenters. The van der Waals surface area contributed by atoms with Gasteiger partial charge in [0.25, 0.3) is 5.91 Å². The van der Waals surface area contributed by atoms with Crippen LogP contribution in [-0.4, -0.2) is 33.5 Å². The van der Waals surface area contributed by atoms with E-state index in [2.05, 4.69) is 10.1 Å². The number of hydrogen-bond acceptors (Lipinski definition) is 4. The van der Waals surface area contributed by atoms with Crippen molar-refractivity contribution in [2.45, 2.75) is 31.7 Å². The summed E-state index contributed by atoms with van der Waals surface area (Å²) in [6.07, 6.45) is 1.62. The summed E-state index contributed by atoms with van der Waals surface area (Å²) in [6, 6.07) is 11.5. The highest BCUT2D eigenvalue weighted by Crippen LogP contribution is 2.31. The van der Waals surface area contributed by atoms with Crippen LogP contribution in [0.5, 0.6) is 0 Å². The lowest BCUT2D eigenvalue weighted by molar-refractivity contribution is 0.0593. The average Bonchev–Trinajstić information content (AvgIpc) is 3.19. The standard InChI is InChI=1S/C21H19F2N3O2/c1-13-2-3-16(12-26(13)21(27)15-6-10-18(23)11-7-15)20-24-19(25-28-20)14-4-8-17(22)9-5-14/h4-11,13,16H,2-3,12H2,1H3/t13-,16+/m1/s1. The normalized spacial score (nSPS) is 19.6. The van der Waals surface area contributed by atoms with Crippen molar-refractivity contribution in [2.24, 2.45) is 0 Å². The van der Waals surface area contributed by atoms with E-state index < -0.39 is 0 Å². The molecule has 3 aromatic rings. The number of rotatable bonds is 3. The first-order valence-corrected chi connectivity index (χ1v) is 9.17. The second-order valence-electron chi connectivity index (χ2n) is 7.05. The number of likely N-dealkylation sites (tertiary alicyclic amines) is 1. The molecule has 0 saturated carbocycles. The molecule has 0 bridgehead atoms. The van der Waals surface area contributed by atoms with Gasteiger partial charge in [-0.2, -0.15) is 4.98 Å². The monoisotopic (exact) mass is 383 g/mol. The Kier molecular flexibility index (Phi) is 4.90. The summed E-state index contributed by atoms with van der Waals surface area (Å²) in [5, 5.41) is 3.99. The molecule has 2 aromatic carbocycles. The zero-order valence-electron chi connectivity index (χ0n) is 15.3. The molecule has 1 amide bonds. The lowest BCUT2D eigenvalue weighted by Crippen LogP contribution is -2.44. The Balaban J connectivity index is 1.52. The average molecular weight is 383 g/mol. The Morgan fingerprint density at radius 1 is 1.04 bits per heavy atom. The lowest BCUT2D eigenvalue weighted by atomic mass is 9.92. The van der Waals surface area contributed by atoms with Gasteiger partial charge in [0.05, 0.1) is 5.92 Å². The van der Waals surface area contributed by atoms with Gasteiger partial charge in [0.2, 0.25) is 11.7 Å². The fraction of sp³-hybridized carbons (Fsp3) is 0.286. The molecule has 144 valence electrons. The number of amides is 1. The van der Waals surface area contributed by atoms with Crippen molar-refractivity contribution in [1.82, 2.24) is 15.0 Å². The van der Waals surface area contributed by atoms with Crippen molar-refractivity contribution in [1.29, 1.82) is 0 Å². The summed E-state index contributed by atoms with van der Waals surface area (Å²) in [4.78, 5) is 19.1. The Hall–Kier alpha value is -3.09. The number of aromatic nitrogens is 2. The quantitative estimate of drug-likeness (QED) is 0.672. The number of halogens is 2. The second-order valence-corrected chi connectivity index (χ2v) is 7.05. The van der Waals surface area contributed by atoms with Crippen LogP contribution < -0.4 is 0 Å². The van der Waals surface area contributed by atoms with Crippen LogP contribution in [0.4, 0.5) is 8.78 Å². The maximum Gasteiger partial charge on any atom is 0.254 e. The molecule has 28 heavy (non-hydrogen) atoms. The van der Waals surface area contributed by atoms with Gasteiger partial charge in [-0.25, -0.2) is 8.78 Å². The van der Waals surface area contributed by atoms with E-state index in [1.165, 1.54) is 36.4 Å². The Bertz CT molecular complexity index is 970. The van der Waals surface area contributed by atoms with Crippen LogP contribution in [0.2, 0.25) is 0 Å². The van der Waals surface area contributed by atoms with Crippen LogP contribution in [0.3, 0.4) is 0 Å². The minimum atomic E-state index is -0.375. The summed E-state index contributed by atoms with van der Waals surface area (Å²) in [5.74, 6) is -0.0741. The molecule has 4 rings (SSSR count). The number of benzene rings is 2. The third kappa shape index (κ3) is 3.65. The Morgan fingerprint density at radius 3 is 2.36 bits per heavy atom. The molecular weight excluding hydrogens is 364 g/mol. The van der Waals surface area contributed by atoms with Crippen molar-refractivity contribution >= 4 is 5.91 Å². The van der Waals surface area contributed by atoms with Crippen LogP contribution in [-0.2, 0) is 0 Å². The molecule has 1 saturated heterocycles. The molecule has 5 nitrogen and oxygen atoms in total. The van der Waals surface area contributed by atoms with E-state index in [9.17, 15) is 13.6 Å². The highest BCUT2D eigenvalue weighted by molar-refractivity contribution is 5.94. The first kappa shape index (κ1) is 18.3. The lowest BCUT2D eigenvalue weighted by Gasteiger charge is -2.36. The third-order valence-corrected chi connectivity index (χ3v) is 5.13. The highest BCUT2D eigenvalue weighted by atomic mass is 19.1. The number of hydrogen-bond donors (Lipinski definition) is 0. The van der Waals surface area contributed by atoms with Gasteiger partial charge in [-0.1, -0.05) is 5.16 Å². The van der Waals surface area contributed by atoms with E-state index in [0.717, 1.165) is 12.8 Å². The zero-order chi connectivity index (χ0) is 19.7. The van der Waals surface area contributed by atoms with E-state index in [1.54, 1.807) is 17.0 Å². The molecule has 1 aliphatic heterocycles. The topological polar surface area (TPSA) is 59.2 Å². The minimum absolute atomic E-state index is 0.0632. The predicted octanol–water partition coefficient (Wildman–Crippen LogP) is 4.42. The van der Waals surface area contributed by atoms with Gasteiger partial charge in [-0.3, -0.25) is 4.79 Å². The first-order valence-electron chi connectivity index (χ1n) is 9.17. The van der Waals surface area contributed by atoms with Gasteiger partial charge < -0.3 is 9.42 Å². The van der Waals surface area contributed by atoms with Gasteiger partial charge in [0, 0.05) is 23.7 Å². The van der Waals surface area contributed by atoms with Crippen LogP contribution in [0.1, 0.15) is 41.9 Å². The summed E-state index contributed by atoms with van der Waals surface area (Å²) >= 11 is 0. The number of carbonyl (C=O) groups excluding carboxylic acids is 1. The van der Waals surface area contributed by atoms with Crippen LogP contribution in [0.25, 0.3) is 11.4 Å². The van der Waals surface area contributed by atoms with Crippen LogP contribution >= 0.6 is 0 Å². The fourth-order valence-electron chi connectivity index (χ4n) is 3.47. The highest BCUT2D eigenvalue weighted by Gasteiger charge is 2.33. The van der Waals surface area contributed by atoms with Gasteiger partial charge >= 0.3 is 0 Å². The molecule has 1 aliphatic rings. The molecule has 0 aliphatic carbocycles. The van der Waals surface area contributed by atoms with E-state index >= 15 is 0 Å². The predicted molar refractivity (Wildman–Crippen MR) is 98.6 cm³/mol. The van der Waals surface area contributed by atoms with Crippen LogP contribution in [0.15, 0.2) is 53.1 Å².